The van der Waals surface area contributed by atoms with Gasteiger partial charge in [0.15, 0.2) is 0 Å². The molecule has 4 nitrogen and oxygen atoms in total. The third kappa shape index (κ3) is 8.16. The van der Waals surface area contributed by atoms with Gasteiger partial charge in [0.05, 0.1) is 12.0 Å². The van der Waals surface area contributed by atoms with Gasteiger partial charge in [-0.05, 0) is 114 Å². The lowest BCUT2D eigenvalue weighted by molar-refractivity contribution is -0.133. The molecule has 4 heteroatoms. The second kappa shape index (κ2) is 15.2. The van der Waals surface area contributed by atoms with E-state index in [1.54, 1.807) is 0 Å². The second-order valence-electron chi connectivity index (χ2n) is 12.5. The van der Waals surface area contributed by atoms with Crippen LogP contribution in [-0.4, -0.2) is 11.9 Å². The fourth-order valence-electron chi connectivity index (χ4n) is 6.54. The van der Waals surface area contributed by atoms with E-state index in [1.807, 2.05) is 54.6 Å². The highest BCUT2D eigenvalue weighted by molar-refractivity contribution is 5.89. The summed E-state index contributed by atoms with van der Waals surface area (Å²) in [5.74, 6) is 1.45. The van der Waals surface area contributed by atoms with Gasteiger partial charge in [0.1, 0.15) is 12.4 Å². The minimum Gasteiger partial charge on any atom is -0.457 e. The molecular formula is C40H46O4. The largest absolute Gasteiger partial charge is 0.457 e. The Kier molecular flexibility index (Phi) is 10.9. The molecule has 2 aliphatic rings. The van der Waals surface area contributed by atoms with Gasteiger partial charge in [0.2, 0.25) is 0 Å². The zero-order valence-corrected chi connectivity index (χ0v) is 26.6. The van der Waals surface area contributed by atoms with E-state index >= 15 is 0 Å². The summed E-state index contributed by atoms with van der Waals surface area (Å²) in [5.41, 5.74) is 8.78. The van der Waals surface area contributed by atoms with E-state index in [4.69, 9.17) is 9.47 Å². The van der Waals surface area contributed by atoms with E-state index < -0.39 is 0 Å². The predicted molar refractivity (Wildman–Crippen MR) is 178 cm³/mol. The average Bonchev–Trinajstić information content (AvgIpc) is 3.40. The Bertz CT molecular complexity index is 1500. The molecular weight excluding hydrogens is 544 g/mol. The van der Waals surface area contributed by atoms with Crippen molar-refractivity contribution >= 4 is 11.9 Å². The molecule has 3 aromatic rings. The van der Waals surface area contributed by atoms with Crippen LogP contribution in [0.2, 0.25) is 0 Å². The number of benzene rings is 3. The summed E-state index contributed by atoms with van der Waals surface area (Å²) in [7, 11) is 0. The van der Waals surface area contributed by atoms with E-state index in [2.05, 4.69) is 45.1 Å². The Morgan fingerprint density at radius 3 is 2.30 bits per heavy atom. The van der Waals surface area contributed by atoms with Gasteiger partial charge in [-0.2, -0.15) is 0 Å². The highest BCUT2D eigenvalue weighted by Crippen LogP contribution is 2.39. The van der Waals surface area contributed by atoms with Gasteiger partial charge in [0, 0.05) is 0 Å². The lowest BCUT2D eigenvalue weighted by atomic mass is 9.79. The maximum absolute atomic E-state index is 12.7. The van der Waals surface area contributed by atoms with Crippen molar-refractivity contribution in [3.05, 3.63) is 112 Å². The Morgan fingerprint density at radius 2 is 1.57 bits per heavy atom. The van der Waals surface area contributed by atoms with Crippen molar-refractivity contribution in [3.8, 4) is 16.9 Å². The number of carbonyl (C=O) groups is 2. The van der Waals surface area contributed by atoms with Crippen molar-refractivity contribution in [3.63, 3.8) is 0 Å². The monoisotopic (exact) mass is 590 g/mol. The van der Waals surface area contributed by atoms with E-state index in [-0.39, 0.29) is 25.0 Å². The first-order chi connectivity index (χ1) is 21.4. The number of allylic oxidation sites excluding steroid dienone is 3. The molecule has 0 heterocycles. The quantitative estimate of drug-likeness (QED) is 0.0713. The van der Waals surface area contributed by atoms with Gasteiger partial charge in [0.25, 0.3) is 0 Å². The summed E-state index contributed by atoms with van der Waals surface area (Å²) in [5, 5.41) is 0. The van der Waals surface area contributed by atoms with E-state index in [1.165, 1.54) is 67.2 Å². The average molecular weight is 591 g/mol. The smallest absolute Gasteiger partial charge is 0.338 e. The molecule has 3 aromatic carbocycles. The lowest BCUT2D eigenvalue weighted by Gasteiger charge is -2.27. The van der Waals surface area contributed by atoms with Crippen LogP contribution in [0.15, 0.2) is 84.5 Å². The first-order valence-electron chi connectivity index (χ1n) is 16.5. The number of carbonyl (C=O) groups excluding carboxylic acids is 2. The van der Waals surface area contributed by atoms with Gasteiger partial charge >= 0.3 is 11.9 Å². The third-order valence-corrected chi connectivity index (χ3v) is 9.19. The van der Waals surface area contributed by atoms with Crippen LogP contribution < -0.4 is 4.74 Å². The van der Waals surface area contributed by atoms with Crippen molar-refractivity contribution in [2.24, 2.45) is 11.8 Å². The highest BCUT2D eigenvalue weighted by atomic mass is 16.5. The Labute approximate surface area is 263 Å². The summed E-state index contributed by atoms with van der Waals surface area (Å²) in [6.07, 6.45) is 16.9. The van der Waals surface area contributed by atoms with Crippen LogP contribution >= 0.6 is 0 Å². The van der Waals surface area contributed by atoms with Crippen LogP contribution in [0.4, 0.5) is 0 Å². The molecule has 0 N–H and O–H groups in total. The molecule has 5 rings (SSSR count). The topological polar surface area (TPSA) is 52.6 Å². The standard InChI is InChI=1S/C40H46O4/c1-4-6-7-9-29-14-19-33(20-15-29)40(42)43-27-30-16-22-37-34(24-30)25-35-26-36(21-23-38(35)37)44-39(41)11-8-10-31(5-2)32-17-12-28(3)13-18-32/h5,8,10,14-16,19-24,26,28,32H,4,6-7,9,11-13,17-18,25,27H2,1-3H3/b10-8-,31-5+. The summed E-state index contributed by atoms with van der Waals surface area (Å²) < 4.78 is 11.3. The Hall–Kier alpha value is -3.92. The maximum atomic E-state index is 12.7. The molecule has 0 aliphatic heterocycles. The molecule has 0 atom stereocenters. The van der Waals surface area contributed by atoms with E-state index in [0.29, 0.717) is 17.2 Å². The molecule has 1 fully saturated rings. The number of fused-ring (bicyclic) bond motifs is 3. The number of esters is 2. The van der Waals surface area contributed by atoms with Crippen LogP contribution in [-0.2, 0) is 29.0 Å². The van der Waals surface area contributed by atoms with Gasteiger partial charge in [-0.1, -0.05) is 94.2 Å². The zero-order valence-electron chi connectivity index (χ0n) is 26.6. The second-order valence-corrected chi connectivity index (χ2v) is 12.5. The van der Waals surface area contributed by atoms with E-state index in [9.17, 15) is 9.59 Å². The number of unbranched alkanes of at least 4 members (excludes halogenated alkanes) is 2. The maximum Gasteiger partial charge on any atom is 0.338 e. The predicted octanol–water partition coefficient (Wildman–Crippen LogP) is 9.97. The number of aryl methyl sites for hydroxylation is 1. The fourth-order valence-corrected chi connectivity index (χ4v) is 6.54. The van der Waals surface area contributed by atoms with Crippen molar-refractivity contribution in [2.75, 3.05) is 0 Å². The number of hydrogen-bond donors (Lipinski definition) is 0. The number of hydrogen-bond acceptors (Lipinski definition) is 4. The van der Waals surface area contributed by atoms with Gasteiger partial charge < -0.3 is 9.47 Å². The summed E-state index contributed by atoms with van der Waals surface area (Å²) in [6, 6.07) is 19.9. The number of rotatable bonds is 12. The Morgan fingerprint density at radius 1 is 0.864 bits per heavy atom. The van der Waals surface area contributed by atoms with E-state index in [0.717, 1.165) is 35.4 Å². The molecule has 44 heavy (non-hydrogen) atoms. The minimum absolute atomic E-state index is 0.228. The molecule has 2 aliphatic carbocycles. The van der Waals surface area contributed by atoms with Crippen LogP contribution in [0.1, 0.15) is 105 Å². The molecule has 230 valence electrons. The molecule has 0 radical (unpaired) electrons. The SMILES string of the molecule is C/C=C(\C=C/CC(=O)Oc1ccc2c(c1)Cc1cc(COC(=O)c3ccc(CCCCC)cc3)ccc1-2)C1CCC(C)CC1. The fraction of sp³-hybridized carbons (Fsp3) is 0.400. The number of ether oxygens (including phenoxy) is 2. The van der Waals surface area contributed by atoms with Crippen LogP contribution in [0, 0.1) is 11.8 Å². The molecule has 0 bridgehead atoms. The molecule has 0 spiro atoms. The Balaban J connectivity index is 1.12. The van der Waals surface area contributed by atoms with Gasteiger partial charge in [-0.15, -0.1) is 0 Å². The minimum atomic E-state index is -0.305. The summed E-state index contributed by atoms with van der Waals surface area (Å²) >= 11 is 0. The highest BCUT2D eigenvalue weighted by Gasteiger charge is 2.21. The van der Waals surface area contributed by atoms with Crippen LogP contribution in [0.5, 0.6) is 5.75 Å². The molecule has 0 saturated heterocycles. The first kappa shape index (κ1) is 31.5. The van der Waals surface area contributed by atoms with Gasteiger partial charge in [-0.3, -0.25) is 4.79 Å². The third-order valence-electron chi connectivity index (χ3n) is 9.19. The van der Waals surface area contributed by atoms with Crippen molar-refractivity contribution in [2.45, 2.75) is 91.6 Å². The normalized spacial score (nSPS) is 17.8. The molecule has 0 aromatic heterocycles. The van der Waals surface area contributed by atoms with Crippen molar-refractivity contribution in [1.29, 1.82) is 0 Å². The zero-order chi connectivity index (χ0) is 30.9. The first-order valence-corrected chi connectivity index (χ1v) is 16.5. The van der Waals surface area contributed by atoms with Gasteiger partial charge in [-0.25, -0.2) is 4.79 Å². The van der Waals surface area contributed by atoms with Crippen LogP contribution in [0.3, 0.4) is 0 Å². The van der Waals surface area contributed by atoms with Crippen molar-refractivity contribution < 1.29 is 19.1 Å². The van der Waals surface area contributed by atoms with Crippen LogP contribution in [0.25, 0.3) is 11.1 Å². The molecule has 0 unspecified atom stereocenters. The summed E-state index contributed by atoms with van der Waals surface area (Å²) in [4.78, 5) is 25.3. The van der Waals surface area contributed by atoms with Crippen molar-refractivity contribution in [1.82, 2.24) is 0 Å². The molecule has 1 saturated carbocycles. The molecule has 0 amide bonds. The lowest BCUT2D eigenvalue weighted by Crippen LogP contribution is -2.13. The summed E-state index contributed by atoms with van der Waals surface area (Å²) in [6.45, 7) is 6.85.